The van der Waals surface area contributed by atoms with Gasteiger partial charge in [-0.3, -0.25) is 0 Å². The lowest BCUT2D eigenvalue weighted by Crippen LogP contribution is -2.23. The molecule has 3 aromatic rings. The van der Waals surface area contributed by atoms with Crippen LogP contribution in [0.3, 0.4) is 0 Å². The van der Waals surface area contributed by atoms with Crippen LogP contribution in [0.15, 0.2) is 74.9 Å². The van der Waals surface area contributed by atoms with Gasteiger partial charge in [-0.25, -0.2) is 17.6 Å². The Balaban J connectivity index is 2.10. The number of hydrogen-bond acceptors (Lipinski definition) is 4. The lowest BCUT2D eigenvalue weighted by Gasteiger charge is -2.06. The molecule has 1 heterocycles. The van der Waals surface area contributed by atoms with Gasteiger partial charge in [0, 0.05) is 13.0 Å². The minimum absolute atomic E-state index is 0.0180. The largest absolute Gasteiger partial charge is 0.465 e. The zero-order chi connectivity index (χ0) is 19.4. The van der Waals surface area contributed by atoms with Crippen LogP contribution in [-0.2, 0) is 16.3 Å². The van der Waals surface area contributed by atoms with Gasteiger partial charge in [-0.05, 0) is 30.3 Å². The molecule has 0 saturated heterocycles. The molecule has 0 saturated carbocycles. The van der Waals surface area contributed by atoms with Crippen LogP contribution in [0.1, 0.15) is 5.76 Å². The van der Waals surface area contributed by atoms with Crippen molar-refractivity contribution in [2.24, 2.45) is 0 Å². The summed E-state index contributed by atoms with van der Waals surface area (Å²) in [5.74, 6) is -0.495. The Morgan fingerprint density at radius 2 is 1.74 bits per heavy atom. The first-order valence-electron chi connectivity index (χ1n) is 8.04. The monoisotopic (exact) mass is 389 g/mol. The molecule has 8 heteroatoms. The number of furan rings is 1. The normalized spacial score (nSPS) is 11.3. The average molecular weight is 389 g/mol. The molecule has 0 aliphatic heterocycles. The predicted octanol–water partition coefficient (Wildman–Crippen LogP) is 3.73. The van der Waals surface area contributed by atoms with Crippen molar-refractivity contribution in [1.82, 2.24) is 5.32 Å². The minimum atomic E-state index is -3.95. The van der Waals surface area contributed by atoms with Crippen LogP contribution in [0.4, 0.5) is 9.18 Å². The summed E-state index contributed by atoms with van der Waals surface area (Å²) in [6, 6.07) is 14.8. The first kappa shape index (κ1) is 18.7. The van der Waals surface area contributed by atoms with E-state index in [2.05, 4.69) is 5.32 Å². The van der Waals surface area contributed by atoms with Crippen molar-refractivity contribution in [2.45, 2.75) is 16.2 Å². The van der Waals surface area contributed by atoms with Gasteiger partial charge < -0.3 is 14.8 Å². The fourth-order valence-electron chi connectivity index (χ4n) is 2.60. The van der Waals surface area contributed by atoms with Crippen molar-refractivity contribution in [3.8, 4) is 11.3 Å². The zero-order valence-electron chi connectivity index (χ0n) is 14.1. The molecule has 1 aromatic heterocycles. The highest BCUT2D eigenvalue weighted by molar-refractivity contribution is 7.91. The second-order valence-electron chi connectivity index (χ2n) is 5.68. The molecule has 2 N–H and O–H groups in total. The van der Waals surface area contributed by atoms with E-state index in [1.165, 1.54) is 36.4 Å². The predicted molar refractivity (Wildman–Crippen MR) is 95.7 cm³/mol. The second kappa shape index (κ2) is 7.63. The number of rotatable bonds is 6. The maximum Gasteiger partial charge on any atom is 0.404 e. The molecule has 0 aliphatic carbocycles. The van der Waals surface area contributed by atoms with Crippen molar-refractivity contribution in [3.63, 3.8) is 0 Å². The Morgan fingerprint density at radius 3 is 2.41 bits per heavy atom. The van der Waals surface area contributed by atoms with Gasteiger partial charge in [-0.2, -0.15) is 0 Å². The van der Waals surface area contributed by atoms with Gasteiger partial charge in [0.05, 0.1) is 10.5 Å². The SMILES string of the molecule is O=C(O)NCCc1cc(S(=O)(=O)c2ccccc2)c(-c2ccccc2F)o1. The number of nitrogens with one attached hydrogen (secondary N) is 1. The fourth-order valence-corrected chi connectivity index (χ4v) is 4.05. The Kier molecular flexibility index (Phi) is 5.27. The number of sulfone groups is 1. The molecule has 2 aromatic carbocycles. The summed E-state index contributed by atoms with van der Waals surface area (Å²) in [6.45, 7) is 0.0321. The molecule has 3 rings (SSSR count). The van der Waals surface area contributed by atoms with Crippen molar-refractivity contribution in [2.75, 3.05) is 6.54 Å². The number of halogens is 1. The van der Waals surface area contributed by atoms with E-state index in [1.807, 2.05) is 0 Å². The summed E-state index contributed by atoms with van der Waals surface area (Å²) in [7, 11) is -3.95. The Morgan fingerprint density at radius 1 is 1.07 bits per heavy atom. The second-order valence-corrected chi connectivity index (χ2v) is 7.60. The molecule has 0 bridgehead atoms. The van der Waals surface area contributed by atoms with Crippen LogP contribution < -0.4 is 5.32 Å². The summed E-state index contributed by atoms with van der Waals surface area (Å²) in [4.78, 5) is 10.5. The first-order chi connectivity index (χ1) is 12.9. The van der Waals surface area contributed by atoms with Gasteiger partial charge >= 0.3 is 6.09 Å². The Hall–Kier alpha value is -3.13. The number of hydrogen-bond donors (Lipinski definition) is 2. The van der Waals surface area contributed by atoms with Gasteiger partial charge in [0.15, 0.2) is 5.76 Å². The quantitative estimate of drug-likeness (QED) is 0.670. The highest BCUT2D eigenvalue weighted by Crippen LogP contribution is 2.35. The van der Waals surface area contributed by atoms with E-state index in [-0.39, 0.29) is 39.8 Å². The van der Waals surface area contributed by atoms with E-state index in [9.17, 15) is 17.6 Å². The number of amides is 1. The third kappa shape index (κ3) is 4.01. The molecule has 1 amide bonds. The van der Waals surface area contributed by atoms with E-state index in [0.717, 1.165) is 0 Å². The summed E-state index contributed by atoms with van der Waals surface area (Å²) in [5, 5.41) is 10.8. The van der Waals surface area contributed by atoms with Crippen LogP contribution >= 0.6 is 0 Å². The third-order valence-corrected chi connectivity index (χ3v) is 5.63. The van der Waals surface area contributed by atoms with Crippen LogP contribution in [-0.4, -0.2) is 26.2 Å². The van der Waals surface area contributed by atoms with Crippen molar-refractivity contribution >= 4 is 15.9 Å². The van der Waals surface area contributed by atoms with Crippen LogP contribution in [0, 0.1) is 5.82 Å². The van der Waals surface area contributed by atoms with Gasteiger partial charge in [0.25, 0.3) is 0 Å². The van der Waals surface area contributed by atoms with Crippen molar-refractivity contribution < 1.29 is 27.1 Å². The summed E-state index contributed by atoms with van der Waals surface area (Å²) < 4.78 is 46.0. The molecule has 0 spiro atoms. The highest BCUT2D eigenvalue weighted by Gasteiger charge is 2.27. The average Bonchev–Trinajstić information content (AvgIpc) is 3.07. The van der Waals surface area contributed by atoms with E-state index < -0.39 is 21.7 Å². The van der Waals surface area contributed by atoms with Gasteiger partial charge in [-0.1, -0.05) is 30.3 Å². The first-order valence-corrected chi connectivity index (χ1v) is 9.52. The van der Waals surface area contributed by atoms with E-state index in [1.54, 1.807) is 24.3 Å². The molecule has 6 nitrogen and oxygen atoms in total. The molecule has 0 radical (unpaired) electrons. The molecule has 0 aliphatic rings. The molecule has 0 fully saturated rings. The molecule has 0 atom stereocenters. The van der Waals surface area contributed by atoms with Crippen molar-refractivity contribution in [3.05, 3.63) is 72.2 Å². The van der Waals surface area contributed by atoms with Crippen LogP contribution in [0.2, 0.25) is 0 Å². The van der Waals surface area contributed by atoms with E-state index in [4.69, 9.17) is 9.52 Å². The number of carboxylic acid groups (broad SMARTS) is 1. The zero-order valence-corrected chi connectivity index (χ0v) is 14.9. The third-order valence-electron chi connectivity index (χ3n) is 3.86. The lowest BCUT2D eigenvalue weighted by molar-refractivity contribution is 0.194. The highest BCUT2D eigenvalue weighted by atomic mass is 32.2. The summed E-state index contributed by atoms with van der Waals surface area (Å²) in [6.07, 6.45) is -1.08. The molecule has 140 valence electrons. The fraction of sp³-hybridized carbons (Fsp3) is 0.105. The standard InChI is InChI=1S/C19H16FNO5S/c20-16-9-5-4-8-15(16)18-17(12-13(26-18)10-11-21-19(22)23)27(24,25)14-6-2-1-3-7-14/h1-9,12,21H,10-11H2,(H,22,23). The maximum atomic E-state index is 14.3. The lowest BCUT2D eigenvalue weighted by atomic mass is 10.1. The molecular formula is C19H16FNO5S. The number of benzene rings is 2. The minimum Gasteiger partial charge on any atom is -0.465 e. The smallest absolute Gasteiger partial charge is 0.404 e. The maximum absolute atomic E-state index is 14.3. The van der Waals surface area contributed by atoms with Gasteiger partial charge in [0.1, 0.15) is 16.5 Å². The van der Waals surface area contributed by atoms with E-state index >= 15 is 0 Å². The van der Waals surface area contributed by atoms with E-state index in [0.29, 0.717) is 0 Å². The molecule has 27 heavy (non-hydrogen) atoms. The molecular weight excluding hydrogens is 373 g/mol. The molecule has 0 unspecified atom stereocenters. The van der Waals surface area contributed by atoms with Crippen LogP contribution in [0.25, 0.3) is 11.3 Å². The van der Waals surface area contributed by atoms with Gasteiger partial charge in [0.2, 0.25) is 9.84 Å². The van der Waals surface area contributed by atoms with Crippen LogP contribution in [0.5, 0.6) is 0 Å². The summed E-state index contributed by atoms with van der Waals surface area (Å²) in [5.41, 5.74) is 0.0180. The number of carbonyl (C=O) groups is 1. The topological polar surface area (TPSA) is 96.6 Å². The summed E-state index contributed by atoms with van der Waals surface area (Å²) >= 11 is 0. The van der Waals surface area contributed by atoms with Crippen molar-refractivity contribution in [1.29, 1.82) is 0 Å². The van der Waals surface area contributed by atoms with Gasteiger partial charge in [-0.15, -0.1) is 0 Å². The Labute approximate surface area is 155 Å². The Bertz CT molecular complexity index is 1060.